The van der Waals surface area contributed by atoms with Gasteiger partial charge < -0.3 is 4.74 Å². The zero-order valence-electron chi connectivity index (χ0n) is 8.02. The van der Waals surface area contributed by atoms with E-state index in [0.717, 1.165) is 6.07 Å². The normalized spacial score (nSPS) is 10.1. The molecule has 0 aliphatic carbocycles. The summed E-state index contributed by atoms with van der Waals surface area (Å²) in [6.45, 7) is 1.67. The molecular formula is C10H9BrClFO2. The minimum absolute atomic E-state index is 0.0119. The van der Waals surface area contributed by atoms with E-state index >= 15 is 0 Å². The highest BCUT2D eigenvalue weighted by Crippen LogP contribution is 2.28. The lowest BCUT2D eigenvalue weighted by Gasteiger charge is -2.07. The molecule has 1 aromatic carbocycles. The van der Waals surface area contributed by atoms with Crippen molar-refractivity contribution >= 4 is 33.3 Å². The van der Waals surface area contributed by atoms with Gasteiger partial charge in [0.2, 0.25) is 0 Å². The third-order valence-electron chi connectivity index (χ3n) is 1.85. The minimum Gasteiger partial charge on any atom is -0.481 e. The number of alkyl halides is 1. The van der Waals surface area contributed by atoms with Crippen molar-refractivity contribution in [1.82, 2.24) is 0 Å². The molecule has 5 heteroatoms. The first kappa shape index (κ1) is 12.5. The van der Waals surface area contributed by atoms with Crippen LogP contribution >= 0.6 is 27.5 Å². The predicted molar refractivity (Wildman–Crippen MR) is 60.5 cm³/mol. The summed E-state index contributed by atoms with van der Waals surface area (Å²) in [6.07, 6.45) is 0.242. The molecule has 0 radical (unpaired) electrons. The van der Waals surface area contributed by atoms with Gasteiger partial charge in [-0.25, -0.2) is 4.39 Å². The lowest BCUT2D eigenvalue weighted by molar-refractivity contribution is 0.0984. The number of halogens is 3. The van der Waals surface area contributed by atoms with Crippen LogP contribution in [-0.2, 0) is 0 Å². The van der Waals surface area contributed by atoms with Gasteiger partial charge in [-0.2, -0.15) is 0 Å². The van der Waals surface area contributed by atoms with E-state index < -0.39 is 5.82 Å². The molecule has 0 aliphatic rings. The fourth-order valence-corrected chi connectivity index (χ4v) is 1.55. The topological polar surface area (TPSA) is 26.3 Å². The zero-order valence-corrected chi connectivity index (χ0v) is 10.4. The summed E-state index contributed by atoms with van der Waals surface area (Å²) < 4.78 is 18.4. The van der Waals surface area contributed by atoms with E-state index in [2.05, 4.69) is 15.9 Å². The van der Waals surface area contributed by atoms with Crippen molar-refractivity contribution in [2.75, 3.05) is 5.52 Å². The molecule has 0 N–H and O–H groups in total. The molecular weight excluding hydrogens is 286 g/mol. The summed E-state index contributed by atoms with van der Waals surface area (Å²) in [7, 11) is 0. The summed E-state index contributed by atoms with van der Waals surface area (Å²) in [5.74, 6) is -0.593. The molecule has 2 nitrogen and oxygen atoms in total. The van der Waals surface area contributed by atoms with Crippen LogP contribution in [0.25, 0.3) is 0 Å². The first-order valence-electron chi connectivity index (χ1n) is 4.31. The summed E-state index contributed by atoms with van der Waals surface area (Å²) >= 11 is 8.79. The molecule has 0 heterocycles. The fourth-order valence-electron chi connectivity index (χ4n) is 1.10. The number of carbonyl (C=O) groups excluding carboxylic acids is 1. The van der Waals surface area contributed by atoms with Gasteiger partial charge in [0, 0.05) is 6.42 Å². The van der Waals surface area contributed by atoms with Gasteiger partial charge in [0.05, 0.1) is 10.6 Å². The number of hydrogen-bond donors (Lipinski definition) is 0. The summed E-state index contributed by atoms with van der Waals surface area (Å²) in [5.41, 5.74) is 0.246. The highest BCUT2D eigenvalue weighted by Gasteiger charge is 2.14. The lowest BCUT2D eigenvalue weighted by Crippen LogP contribution is -2.02. The van der Waals surface area contributed by atoms with Gasteiger partial charge in [-0.15, -0.1) is 0 Å². The molecule has 0 saturated heterocycles. The summed E-state index contributed by atoms with van der Waals surface area (Å²) in [4.78, 5) is 11.4. The van der Waals surface area contributed by atoms with Gasteiger partial charge in [0.15, 0.2) is 5.78 Å². The van der Waals surface area contributed by atoms with Crippen LogP contribution in [0.5, 0.6) is 5.75 Å². The SMILES string of the molecule is CCC(=O)c1cc(OCBr)c(Cl)cc1F. The van der Waals surface area contributed by atoms with Crippen LogP contribution in [0.15, 0.2) is 12.1 Å². The van der Waals surface area contributed by atoms with Gasteiger partial charge in [0.1, 0.15) is 17.1 Å². The van der Waals surface area contributed by atoms with E-state index in [-0.39, 0.29) is 28.3 Å². The first-order valence-corrected chi connectivity index (χ1v) is 5.81. The average Bonchev–Trinajstić information content (AvgIpc) is 2.21. The summed E-state index contributed by atoms with van der Waals surface area (Å²) in [5, 5.41) is 0.152. The Morgan fingerprint density at radius 2 is 2.27 bits per heavy atom. The Morgan fingerprint density at radius 1 is 1.60 bits per heavy atom. The molecule has 1 rings (SSSR count). The van der Waals surface area contributed by atoms with Crippen molar-refractivity contribution in [2.24, 2.45) is 0 Å². The van der Waals surface area contributed by atoms with Crippen LogP contribution < -0.4 is 4.74 Å². The van der Waals surface area contributed by atoms with Gasteiger partial charge in [-0.1, -0.05) is 18.5 Å². The highest BCUT2D eigenvalue weighted by molar-refractivity contribution is 9.09. The molecule has 0 amide bonds. The monoisotopic (exact) mass is 294 g/mol. The van der Waals surface area contributed by atoms with Crippen LogP contribution in [-0.4, -0.2) is 11.3 Å². The van der Waals surface area contributed by atoms with Crippen LogP contribution in [0.3, 0.4) is 0 Å². The van der Waals surface area contributed by atoms with E-state index in [1.165, 1.54) is 6.07 Å². The van der Waals surface area contributed by atoms with E-state index in [9.17, 15) is 9.18 Å². The van der Waals surface area contributed by atoms with Gasteiger partial charge in [-0.05, 0) is 28.1 Å². The minimum atomic E-state index is -0.617. The zero-order chi connectivity index (χ0) is 11.4. The molecule has 0 aliphatic heterocycles. The molecule has 82 valence electrons. The quantitative estimate of drug-likeness (QED) is 0.624. The largest absolute Gasteiger partial charge is 0.481 e. The van der Waals surface area contributed by atoms with Gasteiger partial charge in [-0.3, -0.25) is 4.79 Å². The van der Waals surface area contributed by atoms with E-state index in [1.54, 1.807) is 6.92 Å². The van der Waals surface area contributed by atoms with E-state index in [1.807, 2.05) is 0 Å². The fraction of sp³-hybridized carbons (Fsp3) is 0.300. The van der Waals surface area contributed by atoms with Crippen molar-refractivity contribution in [3.05, 3.63) is 28.5 Å². The number of hydrogen-bond acceptors (Lipinski definition) is 2. The van der Waals surface area contributed by atoms with Crippen molar-refractivity contribution in [1.29, 1.82) is 0 Å². The molecule has 15 heavy (non-hydrogen) atoms. The number of Topliss-reactive ketones (excluding diaryl/α,β-unsaturated/α-hetero) is 1. The average molecular weight is 296 g/mol. The van der Waals surface area contributed by atoms with E-state index in [4.69, 9.17) is 16.3 Å². The van der Waals surface area contributed by atoms with Crippen molar-refractivity contribution in [3.63, 3.8) is 0 Å². The molecule has 1 aromatic rings. The third kappa shape index (κ3) is 2.92. The number of ketones is 1. The van der Waals surface area contributed by atoms with Crippen LogP contribution in [0.4, 0.5) is 4.39 Å². The van der Waals surface area contributed by atoms with Crippen LogP contribution in [0, 0.1) is 5.82 Å². The predicted octanol–water partition coefficient (Wildman–Crippen LogP) is 3.80. The Morgan fingerprint density at radius 3 is 2.80 bits per heavy atom. The first-order chi connectivity index (χ1) is 7.10. The Balaban J connectivity index is 3.17. The Hall–Kier alpha value is -0.610. The maximum absolute atomic E-state index is 13.3. The Bertz CT molecular complexity index is 382. The van der Waals surface area contributed by atoms with Gasteiger partial charge in [0.25, 0.3) is 0 Å². The molecule has 0 fully saturated rings. The van der Waals surface area contributed by atoms with Crippen molar-refractivity contribution in [2.45, 2.75) is 13.3 Å². The van der Waals surface area contributed by atoms with E-state index in [0.29, 0.717) is 5.75 Å². The third-order valence-corrected chi connectivity index (χ3v) is 2.38. The smallest absolute Gasteiger partial charge is 0.165 e. The Kier molecular flexibility index (Phi) is 4.54. The Labute approximate surface area is 101 Å². The summed E-state index contributed by atoms with van der Waals surface area (Å²) in [6, 6.07) is 2.41. The second-order valence-corrected chi connectivity index (χ2v) is 3.66. The van der Waals surface area contributed by atoms with Gasteiger partial charge >= 0.3 is 0 Å². The maximum atomic E-state index is 13.3. The molecule has 0 bridgehead atoms. The van der Waals surface area contributed by atoms with Crippen LogP contribution in [0.1, 0.15) is 23.7 Å². The van der Waals surface area contributed by atoms with Crippen molar-refractivity contribution < 1.29 is 13.9 Å². The highest BCUT2D eigenvalue weighted by atomic mass is 79.9. The molecule has 0 saturated carbocycles. The van der Waals surface area contributed by atoms with Crippen molar-refractivity contribution in [3.8, 4) is 5.75 Å². The molecule has 0 unspecified atom stereocenters. The molecule has 0 atom stereocenters. The second kappa shape index (κ2) is 5.47. The maximum Gasteiger partial charge on any atom is 0.165 e. The molecule has 0 spiro atoms. The second-order valence-electron chi connectivity index (χ2n) is 2.79. The standard InChI is InChI=1S/C10H9BrClFO2/c1-2-9(14)6-3-10(15-5-11)7(12)4-8(6)13/h3-4H,2,5H2,1H3. The molecule has 0 aromatic heterocycles. The number of carbonyl (C=O) groups is 1. The van der Waals surface area contributed by atoms with Crippen LogP contribution in [0.2, 0.25) is 5.02 Å². The number of ether oxygens (including phenoxy) is 1. The lowest BCUT2D eigenvalue weighted by atomic mass is 10.1. The number of rotatable bonds is 4. The number of benzene rings is 1.